The van der Waals surface area contributed by atoms with Crippen LogP contribution in [0.2, 0.25) is 0 Å². The van der Waals surface area contributed by atoms with Crippen LogP contribution in [0.25, 0.3) is 0 Å². The van der Waals surface area contributed by atoms with E-state index in [0.29, 0.717) is 0 Å². The average molecular weight is 361 g/mol. The molecule has 1 aromatic carbocycles. The molecule has 2 N–H and O–H groups in total. The van der Waals surface area contributed by atoms with Crippen LogP contribution in [-0.4, -0.2) is 36.6 Å². The molecule has 1 atom stereocenters. The largest absolute Gasteiger partial charge is 0.463 e. The van der Waals surface area contributed by atoms with Crippen LogP contribution in [-0.2, 0) is 19.9 Å². The van der Waals surface area contributed by atoms with Gasteiger partial charge in [-0.15, -0.1) is 0 Å². The summed E-state index contributed by atoms with van der Waals surface area (Å²) in [6.45, 7) is 5.72. The topological polar surface area (TPSA) is 84.9 Å². The molecule has 0 aromatic heterocycles. The fourth-order valence-corrected chi connectivity index (χ4v) is 1.94. The smallest absolute Gasteiger partial charge is 0.432 e. The van der Waals surface area contributed by atoms with Gasteiger partial charge in [0, 0.05) is 11.3 Å². The van der Waals surface area contributed by atoms with Gasteiger partial charge in [0.05, 0.1) is 6.61 Å². The number of aryl methyl sites for hydroxylation is 1. The molecule has 0 radical (unpaired) electrons. The first kappa shape index (κ1) is 20.5. The van der Waals surface area contributed by atoms with Gasteiger partial charge < -0.3 is 14.6 Å². The molecule has 0 aliphatic rings. The SMILES string of the molecule is C=CCOC(=O)Nc1ccc(C(O)(C(=O)OCC)C(F)(F)F)cc1C. The van der Waals surface area contributed by atoms with E-state index in [2.05, 4.69) is 16.6 Å². The highest BCUT2D eigenvalue weighted by Crippen LogP contribution is 2.41. The molecule has 0 heterocycles. The molecule has 0 saturated carbocycles. The first-order valence-corrected chi connectivity index (χ1v) is 7.20. The Morgan fingerprint density at radius 3 is 2.44 bits per heavy atom. The number of carbonyl (C=O) groups excluding carboxylic acids is 2. The van der Waals surface area contributed by atoms with E-state index in [0.717, 1.165) is 18.2 Å². The highest BCUT2D eigenvalue weighted by Gasteiger charge is 2.62. The molecule has 138 valence electrons. The molecular weight excluding hydrogens is 343 g/mol. The number of anilines is 1. The molecule has 0 spiro atoms. The Morgan fingerprint density at radius 2 is 1.96 bits per heavy atom. The molecule has 1 amide bonds. The van der Waals surface area contributed by atoms with Crippen LogP contribution in [0.1, 0.15) is 18.1 Å². The minimum Gasteiger partial charge on any atom is -0.463 e. The molecule has 1 unspecified atom stereocenters. The zero-order valence-corrected chi connectivity index (χ0v) is 13.6. The Morgan fingerprint density at radius 1 is 1.32 bits per heavy atom. The summed E-state index contributed by atoms with van der Waals surface area (Å²) in [5.41, 5.74) is -4.19. The summed E-state index contributed by atoms with van der Waals surface area (Å²) in [6.07, 6.45) is -4.77. The van der Waals surface area contributed by atoms with Gasteiger partial charge in [-0.2, -0.15) is 13.2 Å². The van der Waals surface area contributed by atoms with Crippen molar-refractivity contribution in [2.45, 2.75) is 25.6 Å². The van der Waals surface area contributed by atoms with Crippen LogP contribution in [0.15, 0.2) is 30.9 Å². The first-order chi connectivity index (χ1) is 11.6. The van der Waals surface area contributed by atoms with E-state index in [4.69, 9.17) is 4.74 Å². The lowest BCUT2D eigenvalue weighted by atomic mass is 9.91. The number of alkyl halides is 3. The molecule has 0 aliphatic carbocycles. The van der Waals surface area contributed by atoms with Gasteiger partial charge in [-0.05, 0) is 25.5 Å². The van der Waals surface area contributed by atoms with Crippen LogP contribution in [0.3, 0.4) is 0 Å². The van der Waals surface area contributed by atoms with Crippen molar-refractivity contribution in [1.82, 2.24) is 0 Å². The van der Waals surface area contributed by atoms with Crippen molar-refractivity contribution in [3.8, 4) is 0 Å². The van der Waals surface area contributed by atoms with Crippen LogP contribution in [0, 0.1) is 6.92 Å². The summed E-state index contributed by atoms with van der Waals surface area (Å²) in [5.74, 6) is -1.83. The van der Waals surface area contributed by atoms with Gasteiger partial charge in [-0.25, -0.2) is 9.59 Å². The molecule has 9 heteroatoms. The van der Waals surface area contributed by atoms with E-state index < -0.39 is 29.4 Å². The third-order valence-corrected chi connectivity index (χ3v) is 3.19. The fraction of sp³-hybridized carbons (Fsp3) is 0.375. The molecule has 0 bridgehead atoms. The third-order valence-electron chi connectivity index (χ3n) is 3.19. The number of rotatable bonds is 6. The third kappa shape index (κ3) is 4.50. The minimum atomic E-state index is -5.29. The number of halogens is 3. The molecule has 1 aromatic rings. The van der Waals surface area contributed by atoms with Crippen molar-refractivity contribution in [2.75, 3.05) is 18.5 Å². The number of esters is 1. The lowest BCUT2D eigenvalue weighted by molar-refractivity contribution is -0.267. The summed E-state index contributed by atoms with van der Waals surface area (Å²) < 4.78 is 48.9. The van der Waals surface area contributed by atoms with Crippen molar-refractivity contribution in [3.63, 3.8) is 0 Å². The zero-order chi connectivity index (χ0) is 19.3. The number of amides is 1. The van der Waals surface area contributed by atoms with Crippen LogP contribution >= 0.6 is 0 Å². The monoisotopic (exact) mass is 361 g/mol. The van der Waals surface area contributed by atoms with Crippen molar-refractivity contribution in [2.24, 2.45) is 0 Å². The maximum Gasteiger partial charge on any atom is 0.432 e. The second-order valence-corrected chi connectivity index (χ2v) is 4.97. The summed E-state index contributed by atoms with van der Waals surface area (Å²) in [5, 5.41) is 12.3. The number of hydrogen-bond donors (Lipinski definition) is 2. The Labute approximate surface area is 142 Å². The Hall–Kier alpha value is -2.55. The molecule has 0 fully saturated rings. The summed E-state index contributed by atoms with van der Waals surface area (Å²) >= 11 is 0. The Kier molecular flexibility index (Phi) is 6.57. The quantitative estimate of drug-likeness (QED) is 0.601. The standard InChI is InChI=1S/C16H18F3NO5/c1-4-8-25-14(22)20-12-7-6-11(9-10(12)3)15(23,16(17,18)19)13(21)24-5-2/h4,6-7,9,23H,1,5,8H2,2-3H3,(H,20,22). The van der Waals surface area contributed by atoms with E-state index in [-0.39, 0.29) is 24.5 Å². The molecule has 6 nitrogen and oxygen atoms in total. The zero-order valence-electron chi connectivity index (χ0n) is 13.6. The number of aliphatic hydroxyl groups is 1. The van der Waals surface area contributed by atoms with E-state index >= 15 is 0 Å². The highest BCUT2D eigenvalue weighted by atomic mass is 19.4. The Bertz CT molecular complexity index is 660. The maximum absolute atomic E-state index is 13.3. The van der Waals surface area contributed by atoms with Crippen LogP contribution in [0.5, 0.6) is 0 Å². The van der Waals surface area contributed by atoms with Gasteiger partial charge in [0.1, 0.15) is 6.61 Å². The molecular formula is C16H18F3NO5. The lowest BCUT2D eigenvalue weighted by Crippen LogP contribution is -2.50. The normalized spacial score (nSPS) is 13.5. The number of ether oxygens (including phenoxy) is 2. The second kappa shape index (κ2) is 8.02. The number of carbonyl (C=O) groups is 2. The molecule has 0 aliphatic heterocycles. The van der Waals surface area contributed by atoms with E-state index in [9.17, 15) is 27.9 Å². The second-order valence-electron chi connectivity index (χ2n) is 4.97. The van der Waals surface area contributed by atoms with Crippen molar-refractivity contribution in [1.29, 1.82) is 0 Å². The maximum atomic E-state index is 13.3. The van der Waals surface area contributed by atoms with Crippen molar-refractivity contribution >= 4 is 17.7 Å². The first-order valence-electron chi connectivity index (χ1n) is 7.20. The lowest BCUT2D eigenvalue weighted by Gasteiger charge is -2.29. The Balaban J connectivity index is 3.19. The van der Waals surface area contributed by atoms with Gasteiger partial charge in [-0.1, -0.05) is 24.8 Å². The molecule has 25 heavy (non-hydrogen) atoms. The van der Waals surface area contributed by atoms with Gasteiger partial charge in [0.2, 0.25) is 0 Å². The van der Waals surface area contributed by atoms with Gasteiger partial charge in [0.15, 0.2) is 0 Å². The van der Waals surface area contributed by atoms with Gasteiger partial charge >= 0.3 is 18.2 Å². The van der Waals surface area contributed by atoms with E-state index in [1.54, 1.807) is 0 Å². The van der Waals surface area contributed by atoms with E-state index in [1.165, 1.54) is 19.9 Å². The summed E-state index contributed by atoms with van der Waals surface area (Å²) in [4.78, 5) is 23.2. The molecule has 1 rings (SSSR count). The average Bonchev–Trinajstić information content (AvgIpc) is 2.53. The number of hydrogen-bond acceptors (Lipinski definition) is 5. The van der Waals surface area contributed by atoms with Gasteiger partial charge in [-0.3, -0.25) is 5.32 Å². The number of benzene rings is 1. The van der Waals surface area contributed by atoms with Crippen LogP contribution < -0.4 is 5.32 Å². The summed E-state index contributed by atoms with van der Waals surface area (Å²) in [7, 11) is 0. The van der Waals surface area contributed by atoms with Crippen molar-refractivity contribution < 1.29 is 37.3 Å². The predicted molar refractivity (Wildman–Crippen MR) is 82.9 cm³/mol. The van der Waals surface area contributed by atoms with Crippen LogP contribution in [0.4, 0.5) is 23.7 Å². The fourth-order valence-electron chi connectivity index (χ4n) is 1.94. The van der Waals surface area contributed by atoms with E-state index in [1.807, 2.05) is 0 Å². The van der Waals surface area contributed by atoms with Gasteiger partial charge in [0.25, 0.3) is 5.60 Å². The molecule has 0 saturated heterocycles. The predicted octanol–water partition coefficient (Wildman–Crippen LogP) is 3.04. The summed E-state index contributed by atoms with van der Waals surface area (Å²) in [6, 6.07) is 2.93. The minimum absolute atomic E-state index is 0.0420. The van der Waals surface area contributed by atoms with Crippen molar-refractivity contribution in [3.05, 3.63) is 42.0 Å². The number of nitrogens with one attached hydrogen (secondary N) is 1. The highest BCUT2D eigenvalue weighted by molar-refractivity contribution is 5.86.